The van der Waals surface area contributed by atoms with Gasteiger partial charge in [0.25, 0.3) is 0 Å². The number of carboxylic acids is 1. The fourth-order valence-corrected chi connectivity index (χ4v) is 1.78. The molecule has 3 N–H and O–H groups in total. The summed E-state index contributed by atoms with van der Waals surface area (Å²) in [6, 6.07) is 6.84. The van der Waals surface area contributed by atoms with Gasteiger partial charge in [0.1, 0.15) is 5.92 Å². The first-order chi connectivity index (χ1) is 9.47. The van der Waals surface area contributed by atoms with Crippen molar-refractivity contribution in [3.05, 3.63) is 35.7 Å². The van der Waals surface area contributed by atoms with Gasteiger partial charge in [-0.05, 0) is 12.0 Å². The molecule has 7 nitrogen and oxygen atoms in total. The standard InChI is InChI=1S/C13H14N2O5/c1-7-14-11(15-20-7)9-4-2-8(3-5-9)6-10(12(16)17)13(18)19/h2-5,10,12,16-17H,6H2,1H3,(H,18,19). The van der Waals surface area contributed by atoms with Crippen LogP contribution in [0, 0.1) is 12.8 Å². The molecule has 0 amide bonds. The summed E-state index contributed by atoms with van der Waals surface area (Å²) in [5.74, 6) is -1.60. The largest absolute Gasteiger partial charge is 0.481 e. The van der Waals surface area contributed by atoms with Crippen LogP contribution in [0.2, 0.25) is 0 Å². The Morgan fingerprint density at radius 3 is 2.40 bits per heavy atom. The number of carboxylic acid groups (broad SMARTS) is 1. The van der Waals surface area contributed by atoms with E-state index in [1.165, 1.54) is 0 Å². The minimum absolute atomic E-state index is 0.0263. The molecule has 1 atom stereocenters. The number of hydrogen-bond donors (Lipinski definition) is 3. The molecule has 1 unspecified atom stereocenters. The molecule has 106 valence electrons. The molecule has 1 aromatic heterocycles. The number of aliphatic hydroxyl groups is 2. The number of benzene rings is 1. The third-order valence-electron chi connectivity index (χ3n) is 2.87. The van der Waals surface area contributed by atoms with Crippen LogP contribution >= 0.6 is 0 Å². The van der Waals surface area contributed by atoms with Gasteiger partial charge < -0.3 is 19.8 Å². The summed E-state index contributed by atoms with van der Waals surface area (Å²) in [4.78, 5) is 15.0. The quantitative estimate of drug-likeness (QED) is 0.685. The monoisotopic (exact) mass is 278 g/mol. The molecule has 0 fully saturated rings. The molecular weight excluding hydrogens is 264 g/mol. The van der Waals surface area contributed by atoms with Crippen LogP contribution in [-0.2, 0) is 11.2 Å². The van der Waals surface area contributed by atoms with E-state index >= 15 is 0 Å². The maximum absolute atomic E-state index is 10.9. The van der Waals surface area contributed by atoms with E-state index in [-0.39, 0.29) is 6.42 Å². The summed E-state index contributed by atoms with van der Waals surface area (Å²) >= 11 is 0. The van der Waals surface area contributed by atoms with E-state index in [9.17, 15) is 4.79 Å². The van der Waals surface area contributed by atoms with Gasteiger partial charge in [0, 0.05) is 12.5 Å². The van der Waals surface area contributed by atoms with Gasteiger partial charge in [-0.25, -0.2) is 0 Å². The SMILES string of the molecule is Cc1nc(-c2ccc(CC(C(=O)O)C(O)O)cc2)no1. The average molecular weight is 278 g/mol. The van der Waals surface area contributed by atoms with Crippen LogP contribution in [0.5, 0.6) is 0 Å². The molecule has 0 saturated carbocycles. The molecular formula is C13H14N2O5. The molecule has 0 spiro atoms. The summed E-state index contributed by atoms with van der Waals surface area (Å²) in [6.45, 7) is 1.69. The fourth-order valence-electron chi connectivity index (χ4n) is 1.78. The Labute approximate surface area is 114 Å². The topological polar surface area (TPSA) is 117 Å². The summed E-state index contributed by atoms with van der Waals surface area (Å²) < 4.78 is 4.87. The van der Waals surface area contributed by atoms with Crippen molar-refractivity contribution in [3.63, 3.8) is 0 Å². The lowest BCUT2D eigenvalue weighted by Crippen LogP contribution is -2.29. The van der Waals surface area contributed by atoms with Crippen molar-refractivity contribution in [2.45, 2.75) is 19.6 Å². The number of aliphatic carboxylic acids is 1. The van der Waals surface area contributed by atoms with Crippen molar-refractivity contribution in [1.82, 2.24) is 10.1 Å². The Balaban J connectivity index is 2.14. The van der Waals surface area contributed by atoms with E-state index in [1.54, 1.807) is 31.2 Å². The summed E-state index contributed by atoms with van der Waals surface area (Å²) in [6.07, 6.45) is -1.87. The predicted molar refractivity (Wildman–Crippen MR) is 67.5 cm³/mol. The Kier molecular flexibility index (Phi) is 4.11. The zero-order valence-electron chi connectivity index (χ0n) is 10.7. The first-order valence-electron chi connectivity index (χ1n) is 5.96. The van der Waals surface area contributed by atoms with Gasteiger partial charge in [0.05, 0.1) is 0 Å². The van der Waals surface area contributed by atoms with Crippen LogP contribution in [0.1, 0.15) is 11.5 Å². The van der Waals surface area contributed by atoms with E-state index in [0.29, 0.717) is 17.3 Å². The highest BCUT2D eigenvalue weighted by molar-refractivity contribution is 5.71. The third-order valence-corrected chi connectivity index (χ3v) is 2.87. The lowest BCUT2D eigenvalue weighted by atomic mass is 9.98. The van der Waals surface area contributed by atoms with Crippen LogP contribution in [0.15, 0.2) is 28.8 Å². The first kappa shape index (κ1) is 14.2. The van der Waals surface area contributed by atoms with Crippen LogP contribution in [0.3, 0.4) is 0 Å². The van der Waals surface area contributed by atoms with Gasteiger partial charge in [0.2, 0.25) is 11.7 Å². The van der Waals surface area contributed by atoms with Crippen molar-refractivity contribution in [3.8, 4) is 11.4 Å². The Morgan fingerprint density at radius 1 is 1.30 bits per heavy atom. The van der Waals surface area contributed by atoms with Gasteiger partial charge in [-0.1, -0.05) is 29.4 Å². The molecule has 0 radical (unpaired) electrons. The number of hydrogen-bond acceptors (Lipinski definition) is 6. The maximum atomic E-state index is 10.9. The van der Waals surface area contributed by atoms with Gasteiger partial charge >= 0.3 is 5.97 Å². The second kappa shape index (κ2) is 5.81. The summed E-state index contributed by atoms with van der Waals surface area (Å²) in [5, 5.41) is 30.7. The summed E-state index contributed by atoms with van der Waals surface area (Å²) in [5.41, 5.74) is 1.41. The van der Waals surface area contributed by atoms with E-state index in [2.05, 4.69) is 10.1 Å². The average Bonchev–Trinajstić information content (AvgIpc) is 2.82. The zero-order valence-corrected chi connectivity index (χ0v) is 10.7. The zero-order chi connectivity index (χ0) is 14.7. The molecule has 20 heavy (non-hydrogen) atoms. The van der Waals surface area contributed by atoms with E-state index < -0.39 is 18.2 Å². The maximum Gasteiger partial charge on any atom is 0.312 e. The molecule has 0 bridgehead atoms. The van der Waals surface area contributed by atoms with E-state index in [4.69, 9.17) is 19.8 Å². The minimum atomic E-state index is -1.90. The van der Waals surface area contributed by atoms with Crippen molar-refractivity contribution in [2.24, 2.45) is 5.92 Å². The molecule has 0 aliphatic carbocycles. The highest BCUT2D eigenvalue weighted by Crippen LogP contribution is 2.18. The van der Waals surface area contributed by atoms with Gasteiger partial charge in [-0.2, -0.15) is 4.98 Å². The first-order valence-corrected chi connectivity index (χ1v) is 5.96. The van der Waals surface area contributed by atoms with Gasteiger partial charge in [0.15, 0.2) is 6.29 Å². The number of aliphatic hydroxyl groups excluding tert-OH is 1. The van der Waals surface area contributed by atoms with Crippen LogP contribution in [0.25, 0.3) is 11.4 Å². The predicted octanol–water partition coefficient (Wildman–Crippen LogP) is 0.599. The van der Waals surface area contributed by atoms with Gasteiger partial charge in [-0.15, -0.1) is 0 Å². The Bertz CT molecular complexity index is 591. The second-order valence-electron chi connectivity index (χ2n) is 4.40. The Morgan fingerprint density at radius 2 is 1.95 bits per heavy atom. The van der Waals surface area contributed by atoms with Gasteiger partial charge in [-0.3, -0.25) is 4.79 Å². The molecule has 2 rings (SSSR count). The number of aromatic nitrogens is 2. The van der Waals surface area contributed by atoms with E-state index in [0.717, 1.165) is 5.56 Å². The molecule has 0 saturated heterocycles. The molecule has 2 aromatic rings. The fraction of sp³-hybridized carbons (Fsp3) is 0.308. The van der Waals surface area contributed by atoms with Crippen molar-refractivity contribution in [2.75, 3.05) is 0 Å². The van der Waals surface area contributed by atoms with Crippen molar-refractivity contribution in [1.29, 1.82) is 0 Å². The normalized spacial score (nSPS) is 12.6. The highest BCUT2D eigenvalue weighted by atomic mass is 16.5. The number of aryl methyl sites for hydroxylation is 1. The van der Waals surface area contributed by atoms with Crippen LogP contribution in [0.4, 0.5) is 0 Å². The number of carbonyl (C=O) groups is 1. The van der Waals surface area contributed by atoms with Crippen LogP contribution < -0.4 is 0 Å². The van der Waals surface area contributed by atoms with Crippen LogP contribution in [-0.4, -0.2) is 37.7 Å². The second-order valence-corrected chi connectivity index (χ2v) is 4.40. The summed E-state index contributed by atoms with van der Waals surface area (Å²) in [7, 11) is 0. The lowest BCUT2D eigenvalue weighted by Gasteiger charge is -2.14. The third kappa shape index (κ3) is 3.19. The molecule has 1 heterocycles. The van der Waals surface area contributed by atoms with Crippen molar-refractivity contribution >= 4 is 5.97 Å². The Hall–Kier alpha value is -2.25. The van der Waals surface area contributed by atoms with Crippen molar-refractivity contribution < 1.29 is 24.6 Å². The number of nitrogens with zero attached hydrogens (tertiary/aromatic N) is 2. The smallest absolute Gasteiger partial charge is 0.312 e. The molecule has 1 aromatic carbocycles. The molecule has 0 aliphatic rings. The molecule has 7 heteroatoms. The lowest BCUT2D eigenvalue weighted by molar-refractivity contribution is -0.158. The molecule has 0 aliphatic heterocycles. The number of rotatable bonds is 5. The minimum Gasteiger partial charge on any atom is -0.481 e. The highest BCUT2D eigenvalue weighted by Gasteiger charge is 2.25. The van der Waals surface area contributed by atoms with E-state index in [1.807, 2.05) is 0 Å².